The number of carbonyl (C=O) groups excluding carboxylic acids is 3. The molecule has 0 aliphatic rings. The van der Waals surface area contributed by atoms with Crippen LogP contribution in [0.3, 0.4) is 0 Å². The first-order valence-corrected chi connectivity index (χ1v) is 9.02. The van der Waals surface area contributed by atoms with Crippen LogP contribution >= 0.6 is 11.3 Å². The van der Waals surface area contributed by atoms with E-state index in [4.69, 9.17) is 4.74 Å². The molecule has 0 radical (unpaired) electrons. The van der Waals surface area contributed by atoms with Gasteiger partial charge in [0.05, 0.1) is 6.61 Å². The lowest BCUT2D eigenvalue weighted by molar-refractivity contribution is -0.116. The van der Waals surface area contributed by atoms with Gasteiger partial charge >= 0.3 is 5.97 Å². The predicted molar refractivity (Wildman–Crippen MR) is 101 cm³/mol. The Morgan fingerprint density at radius 3 is 2.73 bits per heavy atom. The van der Waals surface area contributed by atoms with Gasteiger partial charge in [0, 0.05) is 16.6 Å². The molecule has 1 N–H and O–H groups in total. The number of nitrogens with zero attached hydrogens (tertiary/aromatic N) is 1. The summed E-state index contributed by atoms with van der Waals surface area (Å²) >= 11 is 1.46. The molecule has 1 aromatic carbocycles. The summed E-state index contributed by atoms with van der Waals surface area (Å²) in [4.78, 5) is 37.0. The topological polar surface area (TPSA) is 77.4 Å². The van der Waals surface area contributed by atoms with E-state index in [0.29, 0.717) is 16.9 Å². The highest BCUT2D eigenvalue weighted by Gasteiger charge is 2.19. The molecular formula is C19H18N2O4S. The van der Waals surface area contributed by atoms with E-state index in [-0.39, 0.29) is 24.8 Å². The molecule has 0 saturated carbocycles. The maximum Gasteiger partial charge on any atom is 0.355 e. The lowest BCUT2D eigenvalue weighted by Crippen LogP contribution is -2.22. The number of carbonyl (C=O) groups is 3. The fourth-order valence-corrected chi connectivity index (χ4v) is 3.56. The Balaban J connectivity index is 1.84. The molecule has 0 bridgehead atoms. The summed E-state index contributed by atoms with van der Waals surface area (Å²) in [5.41, 5.74) is 1.41. The van der Waals surface area contributed by atoms with Crippen LogP contribution in [-0.4, -0.2) is 28.8 Å². The molecule has 1 amide bonds. The average Bonchev–Trinajstić information content (AvgIpc) is 3.18. The SMILES string of the molecule is CCOC(=O)c1cc2ccsc2n1CC(=O)Nc1cccc(C(C)=O)c1. The number of ether oxygens (including phenoxy) is 1. The maximum absolute atomic E-state index is 12.5. The number of aromatic nitrogens is 1. The van der Waals surface area contributed by atoms with E-state index in [1.807, 2.05) is 11.4 Å². The lowest BCUT2D eigenvalue weighted by Gasteiger charge is -2.10. The molecule has 0 unspecified atom stereocenters. The minimum absolute atomic E-state index is 0.0253. The number of thiophene rings is 1. The van der Waals surface area contributed by atoms with Gasteiger partial charge in [-0.2, -0.15) is 0 Å². The number of esters is 1. The molecule has 0 spiro atoms. The third-order valence-corrected chi connectivity index (χ3v) is 4.79. The number of nitrogens with one attached hydrogen (secondary N) is 1. The molecule has 6 nitrogen and oxygen atoms in total. The summed E-state index contributed by atoms with van der Waals surface area (Å²) < 4.78 is 6.74. The zero-order valence-electron chi connectivity index (χ0n) is 14.4. The van der Waals surface area contributed by atoms with Gasteiger partial charge < -0.3 is 14.6 Å². The summed E-state index contributed by atoms with van der Waals surface area (Å²) in [6.07, 6.45) is 0. The highest BCUT2D eigenvalue weighted by molar-refractivity contribution is 7.16. The summed E-state index contributed by atoms with van der Waals surface area (Å²) in [7, 11) is 0. The molecule has 2 heterocycles. The van der Waals surface area contributed by atoms with Crippen LogP contribution in [0.15, 0.2) is 41.8 Å². The Labute approximate surface area is 154 Å². The second kappa shape index (κ2) is 7.53. The van der Waals surface area contributed by atoms with Gasteiger partial charge in [-0.15, -0.1) is 11.3 Å². The van der Waals surface area contributed by atoms with Gasteiger partial charge in [-0.3, -0.25) is 9.59 Å². The molecular weight excluding hydrogens is 352 g/mol. The van der Waals surface area contributed by atoms with Crippen LogP contribution in [0.5, 0.6) is 0 Å². The Bertz CT molecular complexity index is 987. The van der Waals surface area contributed by atoms with E-state index in [0.717, 1.165) is 10.2 Å². The summed E-state index contributed by atoms with van der Waals surface area (Å²) in [6, 6.07) is 10.4. The summed E-state index contributed by atoms with van der Waals surface area (Å²) in [6.45, 7) is 3.45. The molecule has 0 fully saturated rings. The number of rotatable bonds is 6. The quantitative estimate of drug-likeness (QED) is 0.530. The number of amides is 1. The Kier molecular flexibility index (Phi) is 5.18. The maximum atomic E-state index is 12.5. The van der Waals surface area contributed by atoms with Crippen molar-refractivity contribution >= 4 is 44.9 Å². The van der Waals surface area contributed by atoms with Gasteiger partial charge in [-0.1, -0.05) is 12.1 Å². The summed E-state index contributed by atoms with van der Waals surface area (Å²) in [5, 5.41) is 5.57. The van der Waals surface area contributed by atoms with Crippen LogP contribution in [0.4, 0.5) is 5.69 Å². The van der Waals surface area contributed by atoms with Crippen LogP contribution in [-0.2, 0) is 16.1 Å². The first-order chi connectivity index (χ1) is 12.5. The highest BCUT2D eigenvalue weighted by atomic mass is 32.1. The van der Waals surface area contributed by atoms with E-state index in [9.17, 15) is 14.4 Å². The Morgan fingerprint density at radius 2 is 2.00 bits per heavy atom. The van der Waals surface area contributed by atoms with Crippen molar-refractivity contribution in [3.8, 4) is 0 Å². The van der Waals surface area contributed by atoms with E-state index >= 15 is 0 Å². The molecule has 0 atom stereocenters. The minimum atomic E-state index is -0.456. The van der Waals surface area contributed by atoms with Gasteiger partial charge in [-0.05, 0) is 43.5 Å². The number of hydrogen-bond acceptors (Lipinski definition) is 5. The van der Waals surface area contributed by atoms with Crippen molar-refractivity contribution in [2.24, 2.45) is 0 Å². The van der Waals surface area contributed by atoms with Crippen LogP contribution < -0.4 is 5.32 Å². The van der Waals surface area contributed by atoms with Gasteiger partial charge in [0.15, 0.2) is 5.78 Å². The largest absolute Gasteiger partial charge is 0.461 e. The van der Waals surface area contributed by atoms with Crippen molar-refractivity contribution in [2.75, 3.05) is 11.9 Å². The number of ketones is 1. The third-order valence-electron chi connectivity index (χ3n) is 3.84. The van der Waals surface area contributed by atoms with Crippen molar-refractivity contribution < 1.29 is 19.1 Å². The zero-order chi connectivity index (χ0) is 18.7. The fraction of sp³-hybridized carbons (Fsp3) is 0.211. The molecule has 7 heteroatoms. The van der Waals surface area contributed by atoms with E-state index in [1.54, 1.807) is 41.8 Å². The zero-order valence-corrected chi connectivity index (χ0v) is 15.3. The number of hydrogen-bond donors (Lipinski definition) is 1. The Morgan fingerprint density at radius 1 is 1.19 bits per heavy atom. The van der Waals surface area contributed by atoms with E-state index in [2.05, 4.69) is 5.32 Å². The number of fused-ring (bicyclic) bond motifs is 1. The predicted octanol–water partition coefficient (Wildman–Crippen LogP) is 3.72. The monoisotopic (exact) mass is 370 g/mol. The number of benzene rings is 1. The average molecular weight is 370 g/mol. The van der Waals surface area contributed by atoms with Gasteiger partial charge in [-0.25, -0.2) is 4.79 Å². The van der Waals surface area contributed by atoms with Gasteiger partial charge in [0.2, 0.25) is 5.91 Å². The highest BCUT2D eigenvalue weighted by Crippen LogP contribution is 2.26. The van der Waals surface area contributed by atoms with Crippen molar-refractivity contribution in [1.82, 2.24) is 4.57 Å². The van der Waals surface area contributed by atoms with Crippen molar-refractivity contribution in [3.63, 3.8) is 0 Å². The number of Topliss-reactive ketones (excluding diaryl/α,β-unsaturated/α-hetero) is 1. The molecule has 134 valence electrons. The second-order valence-electron chi connectivity index (χ2n) is 5.70. The number of anilines is 1. The van der Waals surface area contributed by atoms with Crippen LogP contribution in [0.2, 0.25) is 0 Å². The Hall–Kier alpha value is -2.93. The first-order valence-electron chi connectivity index (χ1n) is 8.14. The van der Waals surface area contributed by atoms with Crippen molar-refractivity contribution in [1.29, 1.82) is 0 Å². The smallest absolute Gasteiger partial charge is 0.355 e. The first kappa shape index (κ1) is 17.9. The lowest BCUT2D eigenvalue weighted by atomic mass is 10.1. The summed E-state index contributed by atoms with van der Waals surface area (Å²) in [5.74, 6) is -0.819. The van der Waals surface area contributed by atoms with Crippen LogP contribution in [0.1, 0.15) is 34.7 Å². The molecule has 3 aromatic rings. The molecule has 3 rings (SSSR count). The van der Waals surface area contributed by atoms with Crippen LogP contribution in [0.25, 0.3) is 10.2 Å². The molecule has 0 aliphatic carbocycles. The van der Waals surface area contributed by atoms with Crippen molar-refractivity contribution in [3.05, 3.63) is 53.0 Å². The van der Waals surface area contributed by atoms with Gasteiger partial charge in [0.1, 0.15) is 17.1 Å². The van der Waals surface area contributed by atoms with Crippen molar-refractivity contribution in [2.45, 2.75) is 20.4 Å². The fourth-order valence-electron chi connectivity index (χ4n) is 2.67. The van der Waals surface area contributed by atoms with E-state index in [1.165, 1.54) is 18.3 Å². The molecule has 26 heavy (non-hydrogen) atoms. The van der Waals surface area contributed by atoms with Crippen LogP contribution in [0, 0.1) is 0 Å². The van der Waals surface area contributed by atoms with E-state index < -0.39 is 5.97 Å². The second-order valence-corrected chi connectivity index (χ2v) is 6.60. The normalized spacial score (nSPS) is 10.7. The molecule has 0 saturated heterocycles. The standard InChI is InChI=1S/C19H18N2O4S/c1-3-25-19(24)16-10-14-7-8-26-18(14)21(16)11-17(23)20-15-6-4-5-13(9-15)12(2)22/h4-10H,3,11H2,1-2H3,(H,20,23). The molecule has 0 aliphatic heterocycles. The minimum Gasteiger partial charge on any atom is -0.461 e. The third kappa shape index (κ3) is 3.67. The molecule has 2 aromatic heterocycles. The van der Waals surface area contributed by atoms with Gasteiger partial charge in [0.25, 0.3) is 0 Å².